The lowest BCUT2D eigenvalue weighted by Gasteiger charge is -2.31. The van der Waals surface area contributed by atoms with Crippen LogP contribution in [-0.2, 0) is 9.47 Å². The average molecular weight is 351 g/mol. The summed E-state index contributed by atoms with van der Waals surface area (Å²) >= 11 is 0. The lowest BCUT2D eigenvalue weighted by atomic mass is 10.1. The molecule has 138 valence electrons. The number of anilines is 2. The van der Waals surface area contributed by atoms with Gasteiger partial charge in [0.05, 0.1) is 36.8 Å². The normalized spacial score (nSPS) is 24.0. The molecule has 0 aliphatic carbocycles. The summed E-state index contributed by atoms with van der Waals surface area (Å²) in [6.07, 6.45) is 3.45. The second kappa shape index (κ2) is 8.49. The molecule has 2 saturated heterocycles. The van der Waals surface area contributed by atoms with Crippen molar-refractivity contribution >= 4 is 17.4 Å². The zero-order chi connectivity index (χ0) is 17.6. The molecule has 2 fully saturated rings. The molecule has 0 radical (unpaired) electrons. The van der Waals surface area contributed by atoms with E-state index in [2.05, 4.69) is 17.6 Å². The number of hydrogen-bond donors (Lipinski definition) is 2. The Labute approximate surface area is 147 Å². The summed E-state index contributed by atoms with van der Waals surface area (Å²) in [5.41, 5.74) is 1.28. The molecule has 0 aromatic heterocycles. The molecule has 3 rings (SSSR count). The highest BCUT2D eigenvalue weighted by Gasteiger charge is 2.20. The number of halogens is 1. The Bertz CT molecular complexity index is 593. The third kappa shape index (κ3) is 5.06. The van der Waals surface area contributed by atoms with E-state index in [0.29, 0.717) is 44.2 Å². The van der Waals surface area contributed by atoms with Gasteiger partial charge in [0.15, 0.2) is 0 Å². The largest absolute Gasteiger partial charge is 0.378 e. The molecule has 2 N–H and O–H groups in total. The van der Waals surface area contributed by atoms with E-state index in [4.69, 9.17) is 9.47 Å². The van der Waals surface area contributed by atoms with Crippen LogP contribution in [0.3, 0.4) is 0 Å². The highest BCUT2D eigenvalue weighted by Crippen LogP contribution is 2.27. The second-order valence-corrected chi connectivity index (χ2v) is 6.60. The van der Waals surface area contributed by atoms with Gasteiger partial charge >= 0.3 is 6.03 Å². The first-order chi connectivity index (χ1) is 12.1. The van der Waals surface area contributed by atoms with Crippen molar-refractivity contribution in [2.24, 2.45) is 0 Å². The summed E-state index contributed by atoms with van der Waals surface area (Å²) < 4.78 is 24.8. The van der Waals surface area contributed by atoms with Gasteiger partial charge in [-0.3, -0.25) is 0 Å². The Balaban J connectivity index is 1.58. The number of carbonyl (C=O) groups excluding carboxylic acids is 1. The Hall–Kier alpha value is -1.86. The highest BCUT2D eigenvalue weighted by atomic mass is 19.1. The molecule has 1 aromatic carbocycles. The third-order valence-corrected chi connectivity index (χ3v) is 4.61. The summed E-state index contributed by atoms with van der Waals surface area (Å²) in [5, 5.41) is 5.69. The van der Waals surface area contributed by atoms with Gasteiger partial charge in [0.1, 0.15) is 5.82 Å². The smallest absolute Gasteiger partial charge is 0.319 e. The van der Waals surface area contributed by atoms with Gasteiger partial charge in [-0.15, -0.1) is 0 Å². The molecular formula is C18H26FN3O3. The first kappa shape index (κ1) is 17.9. The number of hydrogen-bond acceptors (Lipinski definition) is 4. The van der Waals surface area contributed by atoms with E-state index in [1.54, 1.807) is 6.07 Å². The van der Waals surface area contributed by atoms with E-state index in [9.17, 15) is 9.18 Å². The van der Waals surface area contributed by atoms with Crippen molar-refractivity contribution in [3.05, 3.63) is 24.0 Å². The molecule has 0 spiro atoms. The van der Waals surface area contributed by atoms with Crippen molar-refractivity contribution < 1.29 is 18.7 Å². The molecule has 2 unspecified atom stereocenters. The first-order valence-corrected chi connectivity index (χ1v) is 8.94. The quantitative estimate of drug-likeness (QED) is 0.876. The van der Waals surface area contributed by atoms with Crippen molar-refractivity contribution in [1.82, 2.24) is 5.32 Å². The topological polar surface area (TPSA) is 62.8 Å². The predicted molar refractivity (Wildman–Crippen MR) is 94.6 cm³/mol. The molecular weight excluding hydrogens is 325 g/mol. The van der Waals surface area contributed by atoms with Crippen LogP contribution in [0.25, 0.3) is 0 Å². The summed E-state index contributed by atoms with van der Waals surface area (Å²) in [5.74, 6) is -0.322. The molecule has 0 saturated carbocycles. The van der Waals surface area contributed by atoms with Crippen molar-refractivity contribution in [3.63, 3.8) is 0 Å². The number of urea groups is 1. The number of amides is 2. The Morgan fingerprint density at radius 3 is 2.88 bits per heavy atom. The summed E-state index contributed by atoms with van der Waals surface area (Å²) in [6, 6.07) is 4.10. The number of carbonyl (C=O) groups is 1. The fourth-order valence-corrected chi connectivity index (χ4v) is 3.30. The molecule has 6 nitrogen and oxygen atoms in total. The van der Waals surface area contributed by atoms with Gasteiger partial charge in [0.25, 0.3) is 0 Å². The van der Waals surface area contributed by atoms with Crippen molar-refractivity contribution in [2.45, 2.75) is 38.4 Å². The average Bonchev–Trinajstić information content (AvgIpc) is 2.62. The van der Waals surface area contributed by atoms with Crippen LogP contribution in [0.5, 0.6) is 0 Å². The molecule has 2 amide bonds. The van der Waals surface area contributed by atoms with Crippen LogP contribution in [0, 0.1) is 5.82 Å². The summed E-state index contributed by atoms with van der Waals surface area (Å²) in [4.78, 5) is 14.3. The van der Waals surface area contributed by atoms with Gasteiger partial charge in [-0.05, 0) is 44.4 Å². The predicted octanol–water partition coefficient (Wildman–Crippen LogP) is 2.74. The molecule has 1 aromatic rings. The summed E-state index contributed by atoms with van der Waals surface area (Å²) in [7, 11) is 0. The SMILES string of the molecule is CC1CCCC(CNC(=O)Nc2ccc(F)cc2N2CCOCC2)O1. The molecule has 2 heterocycles. The minimum Gasteiger partial charge on any atom is -0.378 e. The lowest BCUT2D eigenvalue weighted by Crippen LogP contribution is -2.40. The van der Waals surface area contributed by atoms with E-state index in [0.717, 1.165) is 19.3 Å². The van der Waals surface area contributed by atoms with Crippen LogP contribution in [-0.4, -0.2) is 51.1 Å². The summed E-state index contributed by atoms with van der Waals surface area (Å²) in [6.45, 7) is 5.07. The molecule has 7 heteroatoms. The van der Waals surface area contributed by atoms with Gasteiger partial charge in [-0.1, -0.05) is 0 Å². The number of benzene rings is 1. The minimum atomic E-state index is -0.322. The Morgan fingerprint density at radius 1 is 1.32 bits per heavy atom. The lowest BCUT2D eigenvalue weighted by molar-refractivity contribution is -0.0367. The molecule has 2 atom stereocenters. The van der Waals surface area contributed by atoms with E-state index < -0.39 is 0 Å². The van der Waals surface area contributed by atoms with E-state index >= 15 is 0 Å². The number of ether oxygens (including phenoxy) is 2. The van der Waals surface area contributed by atoms with Crippen molar-refractivity contribution in [1.29, 1.82) is 0 Å². The minimum absolute atomic E-state index is 0.0569. The van der Waals surface area contributed by atoms with Crippen LogP contribution in [0.2, 0.25) is 0 Å². The fourth-order valence-electron chi connectivity index (χ4n) is 3.30. The van der Waals surface area contributed by atoms with Gasteiger partial charge in [-0.25, -0.2) is 9.18 Å². The van der Waals surface area contributed by atoms with Gasteiger partial charge in [-0.2, -0.15) is 0 Å². The maximum Gasteiger partial charge on any atom is 0.319 e. The number of morpholine rings is 1. The van der Waals surface area contributed by atoms with E-state index in [1.807, 2.05) is 4.90 Å². The van der Waals surface area contributed by atoms with Crippen LogP contribution in [0.4, 0.5) is 20.6 Å². The van der Waals surface area contributed by atoms with Crippen LogP contribution in [0.15, 0.2) is 18.2 Å². The maximum absolute atomic E-state index is 13.7. The van der Waals surface area contributed by atoms with Gasteiger partial charge in [0.2, 0.25) is 0 Å². The van der Waals surface area contributed by atoms with Crippen LogP contribution in [0.1, 0.15) is 26.2 Å². The van der Waals surface area contributed by atoms with Gasteiger partial charge < -0.3 is 25.0 Å². The molecule has 2 aliphatic rings. The molecule has 25 heavy (non-hydrogen) atoms. The highest BCUT2D eigenvalue weighted by molar-refractivity contribution is 5.93. The fraction of sp³-hybridized carbons (Fsp3) is 0.611. The standard InChI is InChI=1S/C18H26FN3O3/c1-13-3-2-4-15(25-13)12-20-18(23)21-16-6-5-14(19)11-17(16)22-7-9-24-10-8-22/h5-6,11,13,15H,2-4,7-10,12H2,1H3,(H2,20,21,23). The second-order valence-electron chi connectivity index (χ2n) is 6.60. The maximum atomic E-state index is 13.7. The Kier molecular flexibility index (Phi) is 6.09. The third-order valence-electron chi connectivity index (χ3n) is 4.61. The molecule has 2 aliphatic heterocycles. The van der Waals surface area contributed by atoms with Crippen LogP contribution >= 0.6 is 0 Å². The Morgan fingerprint density at radius 2 is 2.12 bits per heavy atom. The number of nitrogens with zero attached hydrogens (tertiary/aromatic N) is 1. The van der Waals surface area contributed by atoms with Gasteiger partial charge in [0, 0.05) is 19.6 Å². The van der Waals surface area contributed by atoms with E-state index in [-0.39, 0.29) is 24.1 Å². The number of nitrogens with one attached hydrogen (secondary N) is 2. The van der Waals surface area contributed by atoms with Crippen LogP contribution < -0.4 is 15.5 Å². The number of rotatable bonds is 4. The molecule has 0 bridgehead atoms. The van der Waals surface area contributed by atoms with Crippen molar-refractivity contribution in [3.8, 4) is 0 Å². The van der Waals surface area contributed by atoms with E-state index in [1.165, 1.54) is 12.1 Å². The van der Waals surface area contributed by atoms with Crippen molar-refractivity contribution in [2.75, 3.05) is 43.1 Å². The zero-order valence-electron chi connectivity index (χ0n) is 14.6. The zero-order valence-corrected chi connectivity index (χ0v) is 14.6. The monoisotopic (exact) mass is 351 g/mol. The first-order valence-electron chi connectivity index (χ1n) is 8.94.